The maximum atomic E-state index is 11.8. The molecule has 5 nitrogen and oxygen atoms in total. The van der Waals surface area contributed by atoms with Crippen molar-refractivity contribution < 1.29 is 9.32 Å². The molecule has 0 saturated heterocycles. The Morgan fingerprint density at radius 3 is 2.61 bits per heavy atom. The molecule has 102 valence electrons. The number of anilines is 1. The van der Waals surface area contributed by atoms with E-state index in [1.165, 1.54) is 0 Å². The Kier molecular flexibility index (Phi) is 4.51. The summed E-state index contributed by atoms with van der Waals surface area (Å²) in [6, 6.07) is 2.00. The molecular formula is C13H23N3O2. The van der Waals surface area contributed by atoms with E-state index in [0.29, 0.717) is 18.5 Å². The third kappa shape index (κ3) is 4.14. The van der Waals surface area contributed by atoms with Crippen LogP contribution in [0.2, 0.25) is 0 Å². The number of aryl methyl sites for hydroxylation is 1. The SMILES string of the molecule is Cc1cc(NC(=O)CN(C)C(C)C(C)(C)C)on1. The van der Waals surface area contributed by atoms with E-state index in [4.69, 9.17) is 4.52 Å². The number of hydrogen-bond donors (Lipinski definition) is 1. The molecule has 0 fully saturated rings. The van der Waals surface area contributed by atoms with Crippen molar-refractivity contribution >= 4 is 11.8 Å². The van der Waals surface area contributed by atoms with Crippen molar-refractivity contribution in [2.24, 2.45) is 5.41 Å². The molecular weight excluding hydrogens is 230 g/mol. The molecule has 0 aliphatic rings. The number of hydrogen-bond acceptors (Lipinski definition) is 4. The van der Waals surface area contributed by atoms with Crippen LogP contribution in [0.3, 0.4) is 0 Å². The zero-order valence-corrected chi connectivity index (χ0v) is 12.1. The van der Waals surface area contributed by atoms with Gasteiger partial charge in [0.1, 0.15) is 0 Å². The standard InChI is InChI=1S/C13H23N3O2/c1-9-7-12(18-15-9)14-11(17)8-16(6)10(2)13(3,4)5/h7,10H,8H2,1-6H3,(H,14,17). The Balaban J connectivity index is 2.50. The Hall–Kier alpha value is -1.36. The number of nitrogens with one attached hydrogen (secondary N) is 1. The second-order valence-electron chi connectivity index (χ2n) is 5.84. The summed E-state index contributed by atoms with van der Waals surface area (Å²) >= 11 is 0. The van der Waals surface area contributed by atoms with Gasteiger partial charge in [0.05, 0.1) is 12.2 Å². The van der Waals surface area contributed by atoms with Crippen molar-refractivity contribution in [2.75, 3.05) is 18.9 Å². The van der Waals surface area contributed by atoms with Gasteiger partial charge in [0, 0.05) is 12.1 Å². The van der Waals surface area contributed by atoms with Gasteiger partial charge in [0.2, 0.25) is 11.8 Å². The second kappa shape index (κ2) is 5.52. The molecule has 0 aliphatic carbocycles. The fraction of sp³-hybridized carbons (Fsp3) is 0.692. The molecule has 18 heavy (non-hydrogen) atoms. The van der Waals surface area contributed by atoms with Gasteiger partial charge in [-0.05, 0) is 26.3 Å². The van der Waals surface area contributed by atoms with E-state index in [2.05, 4.69) is 38.2 Å². The third-order valence-corrected chi connectivity index (χ3v) is 3.20. The lowest BCUT2D eigenvalue weighted by Gasteiger charge is -2.34. The first-order valence-corrected chi connectivity index (χ1v) is 6.13. The van der Waals surface area contributed by atoms with Crippen molar-refractivity contribution in [1.82, 2.24) is 10.1 Å². The van der Waals surface area contributed by atoms with Crippen LogP contribution in [0.1, 0.15) is 33.4 Å². The van der Waals surface area contributed by atoms with Gasteiger partial charge in [-0.15, -0.1) is 0 Å². The summed E-state index contributed by atoms with van der Waals surface area (Å²) in [6.45, 7) is 10.7. The topological polar surface area (TPSA) is 58.4 Å². The van der Waals surface area contributed by atoms with E-state index in [-0.39, 0.29) is 11.3 Å². The first-order chi connectivity index (χ1) is 8.20. The molecule has 1 aromatic heterocycles. The summed E-state index contributed by atoms with van der Waals surface area (Å²) < 4.78 is 4.94. The minimum absolute atomic E-state index is 0.0928. The van der Waals surface area contributed by atoms with E-state index in [1.807, 2.05) is 18.9 Å². The molecule has 5 heteroatoms. The molecule has 0 bridgehead atoms. The van der Waals surface area contributed by atoms with Crippen molar-refractivity contribution in [3.05, 3.63) is 11.8 Å². The maximum absolute atomic E-state index is 11.8. The van der Waals surface area contributed by atoms with E-state index < -0.39 is 0 Å². The number of rotatable bonds is 4. The molecule has 1 heterocycles. The Morgan fingerprint density at radius 2 is 2.17 bits per heavy atom. The zero-order valence-electron chi connectivity index (χ0n) is 12.1. The van der Waals surface area contributed by atoms with Crippen molar-refractivity contribution in [1.29, 1.82) is 0 Å². The van der Waals surface area contributed by atoms with Gasteiger partial charge in [0.25, 0.3) is 0 Å². The highest BCUT2D eigenvalue weighted by atomic mass is 16.5. The zero-order chi connectivity index (χ0) is 13.9. The summed E-state index contributed by atoms with van der Waals surface area (Å²) in [5.74, 6) is 0.305. The average Bonchev–Trinajstić information content (AvgIpc) is 2.61. The van der Waals surface area contributed by atoms with Crippen molar-refractivity contribution in [3.8, 4) is 0 Å². The van der Waals surface area contributed by atoms with Crippen LogP contribution in [0, 0.1) is 12.3 Å². The maximum Gasteiger partial charge on any atom is 0.240 e. The van der Waals surface area contributed by atoms with Gasteiger partial charge >= 0.3 is 0 Å². The van der Waals surface area contributed by atoms with Crippen LogP contribution >= 0.6 is 0 Å². The van der Waals surface area contributed by atoms with Crippen LogP contribution in [0.25, 0.3) is 0 Å². The Bertz CT molecular complexity index is 407. The van der Waals surface area contributed by atoms with Crippen LogP contribution in [0.5, 0.6) is 0 Å². The molecule has 1 rings (SSSR count). The van der Waals surface area contributed by atoms with Crippen molar-refractivity contribution in [2.45, 2.75) is 40.7 Å². The number of amides is 1. The van der Waals surface area contributed by atoms with E-state index in [1.54, 1.807) is 6.07 Å². The minimum Gasteiger partial charge on any atom is -0.338 e. The molecule has 0 spiro atoms. The lowest BCUT2D eigenvalue weighted by atomic mass is 9.87. The number of carbonyl (C=O) groups is 1. The van der Waals surface area contributed by atoms with Crippen LogP contribution in [0.15, 0.2) is 10.6 Å². The van der Waals surface area contributed by atoms with E-state index >= 15 is 0 Å². The predicted molar refractivity (Wildman–Crippen MR) is 71.4 cm³/mol. The summed E-state index contributed by atoms with van der Waals surface area (Å²) in [7, 11) is 1.95. The highest BCUT2D eigenvalue weighted by Gasteiger charge is 2.25. The fourth-order valence-corrected chi connectivity index (χ4v) is 1.62. The molecule has 0 radical (unpaired) electrons. The summed E-state index contributed by atoms with van der Waals surface area (Å²) in [6.07, 6.45) is 0. The normalized spacial score (nSPS) is 13.7. The monoisotopic (exact) mass is 253 g/mol. The number of carbonyl (C=O) groups excluding carboxylic acids is 1. The number of likely N-dealkylation sites (N-methyl/N-ethyl adjacent to an activating group) is 1. The van der Waals surface area contributed by atoms with Crippen LogP contribution in [-0.4, -0.2) is 35.6 Å². The van der Waals surface area contributed by atoms with E-state index in [9.17, 15) is 4.79 Å². The second-order valence-corrected chi connectivity index (χ2v) is 5.84. The van der Waals surface area contributed by atoms with Crippen LogP contribution < -0.4 is 5.32 Å². The average molecular weight is 253 g/mol. The van der Waals surface area contributed by atoms with Gasteiger partial charge in [-0.3, -0.25) is 15.0 Å². The van der Waals surface area contributed by atoms with Gasteiger partial charge in [-0.25, -0.2) is 0 Å². The fourth-order valence-electron chi connectivity index (χ4n) is 1.62. The van der Waals surface area contributed by atoms with E-state index in [0.717, 1.165) is 5.69 Å². The van der Waals surface area contributed by atoms with Gasteiger partial charge in [-0.2, -0.15) is 0 Å². The van der Waals surface area contributed by atoms with Gasteiger partial charge < -0.3 is 4.52 Å². The van der Waals surface area contributed by atoms with Gasteiger partial charge in [0.15, 0.2) is 0 Å². The summed E-state index contributed by atoms with van der Waals surface area (Å²) in [4.78, 5) is 13.8. The number of aromatic nitrogens is 1. The predicted octanol–water partition coefficient (Wildman–Crippen LogP) is 2.29. The lowest BCUT2D eigenvalue weighted by molar-refractivity contribution is -0.118. The molecule has 0 aromatic carbocycles. The molecule has 1 aromatic rings. The molecule has 1 amide bonds. The van der Waals surface area contributed by atoms with Crippen molar-refractivity contribution in [3.63, 3.8) is 0 Å². The molecule has 1 unspecified atom stereocenters. The molecule has 1 atom stereocenters. The summed E-state index contributed by atoms with van der Waals surface area (Å²) in [5, 5.41) is 6.41. The molecule has 0 aliphatic heterocycles. The number of nitrogens with zero attached hydrogens (tertiary/aromatic N) is 2. The minimum atomic E-state index is -0.0928. The Morgan fingerprint density at radius 1 is 1.56 bits per heavy atom. The first-order valence-electron chi connectivity index (χ1n) is 6.13. The smallest absolute Gasteiger partial charge is 0.240 e. The van der Waals surface area contributed by atoms with Crippen LogP contribution in [-0.2, 0) is 4.79 Å². The highest BCUT2D eigenvalue weighted by Crippen LogP contribution is 2.22. The quantitative estimate of drug-likeness (QED) is 0.894. The third-order valence-electron chi connectivity index (χ3n) is 3.20. The Labute approximate surface area is 109 Å². The first kappa shape index (κ1) is 14.7. The highest BCUT2D eigenvalue weighted by molar-refractivity contribution is 5.90. The lowest BCUT2D eigenvalue weighted by Crippen LogP contribution is -2.43. The van der Waals surface area contributed by atoms with Crippen LogP contribution in [0.4, 0.5) is 5.88 Å². The summed E-state index contributed by atoms with van der Waals surface area (Å²) in [5.41, 5.74) is 0.888. The largest absolute Gasteiger partial charge is 0.338 e. The van der Waals surface area contributed by atoms with Gasteiger partial charge in [-0.1, -0.05) is 25.9 Å². The molecule has 0 saturated carbocycles. The molecule has 1 N–H and O–H groups in total.